The van der Waals surface area contributed by atoms with Gasteiger partial charge in [-0.25, -0.2) is 4.99 Å². The molecule has 1 saturated heterocycles. The third-order valence-electron chi connectivity index (χ3n) is 5.48. The average molecular weight is 414 g/mol. The van der Waals surface area contributed by atoms with Gasteiger partial charge in [0, 0.05) is 44.7 Å². The molecule has 164 valence electrons. The molecule has 0 aliphatic carbocycles. The third-order valence-corrected chi connectivity index (χ3v) is 5.48. The van der Waals surface area contributed by atoms with E-state index in [0.717, 1.165) is 64.1 Å². The maximum atomic E-state index is 5.50. The number of aromatic nitrogens is 3. The summed E-state index contributed by atoms with van der Waals surface area (Å²) < 4.78 is 7.59. The molecule has 0 radical (unpaired) electrons. The Labute approximate surface area is 179 Å². The van der Waals surface area contributed by atoms with Gasteiger partial charge in [0.2, 0.25) is 0 Å². The van der Waals surface area contributed by atoms with Crippen LogP contribution in [0.25, 0.3) is 0 Å². The van der Waals surface area contributed by atoms with Crippen LogP contribution in [0.3, 0.4) is 0 Å². The van der Waals surface area contributed by atoms with E-state index >= 15 is 0 Å². The fourth-order valence-electron chi connectivity index (χ4n) is 3.54. The van der Waals surface area contributed by atoms with E-state index in [1.54, 1.807) is 6.33 Å². The number of guanidine groups is 1. The highest BCUT2D eigenvalue weighted by Crippen LogP contribution is 2.15. The van der Waals surface area contributed by atoms with Crippen molar-refractivity contribution in [2.45, 2.75) is 45.8 Å². The molecule has 0 saturated carbocycles. The predicted molar refractivity (Wildman–Crippen MR) is 119 cm³/mol. The van der Waals surface area contributed by atoms with E-state index in [0.29, 0.717) is 6.54 Å². The van der Waals surface area contributed by atoms with Crippen molar-refractivity contribution in [2.75, 3.05) is 39.4 Å². The lowest BCUT2D eigenvalue weighted by Gasteiger charge is -2.41. The summed E-state index contributed by atoms with van der Waals surface area (Å²) >= 11 is 0. The average Bonchev–Trinajstić information content (AvgIpc) is 3.24. The molecule has 0 amide bonds. The van der Waals surface area contributed by atoms with Crippen molar-refractivity contribution in [1.82, 2.24) is 30.3 Å². The fraction of sp³-hybridized carbons (Fsp3) is 0.591. The van der Waals surface area contributed by atoms with Crippen LogP contribution in [0.1, 0.15) is 32.2 Å². The van der Waals surface area contributed by atoms with Gasteiger partial charge in [-0.05, 0) is 19.4 Å². The summed E-state index contributed by atoms with van der Waals surface area (Å²) in [7, 11) is 0. The van der Waals surface area contributed by atoms with Crippen LogP contribution in [0, 0.1) is 0 Å². The van der Waals surface area contributed by atoms with Crippen molar-refractivity contribution in [3.05, 3.63) is 48.0 Å². The van der Waals surface area contributed by atoms with Crippen LogP contribution in [0.2, 0.25) is 0 Å². The normalized spacial score (nSPS) is 15.9. The molecule has 8 nitrogen and oxygen atoms in total. The van der Waals surface area contributed by atoms with Gasteiger partial charge in [0.25, 0.3) is 0 Å². The van der Waals surface area contributed by atoms with Crippen molar-refractivity contribution in [3.8, 4) is 0 Å². The first kappa shape index (κ1) is 22.2. The third kappa shape index (κ3) is 6.53. The lowest BCUT2D eigenvalue weighted by Crippen LogP contribution is -2.56. The molecule has 1 aliphatic heterocycles. The van der Waals surface area contributed by atoms with Crippen molar-refractivity contribution in [3.63, 3.8) is 0 Å². The zero-order chi connectivity index (χ0) is 21.2. The molecule has 2 N–H and O–H groups in total. The van der Waals surface area contributed by atoms with Gasteiger partial charge in [-0.2, -0.15) is 0 Å². The number of benzene rings is 1. The van der Waals surface area contributed by atoms with E-state index in [2.05, 4.69) is 63.2 Å². The molecule has 0 unspecified atom stereocenters. The number of rotatable bonds is 9. The monoisotopic (exact) mass is 413 g/mol. The highest BCUT2D eigenvalue weighted by atomic mass is 16.5. The van der Waals surface area contributed by atoms with Gasteiger partial charge in [-0.3, -0.25) is 4.90 Å². The fourth-order valence-corrected chi connectivity index (χ4v) is 3.54. The zero-order valence-corrected chi connectivity index (χ0v) is 18.5. The highest BCUT2D eigenvalue weighted by molar-refractivity contribution is 5.79. The number of aryl methyl sites for hydroxylation is 1. The molecule has 2 heterocycles. The van der Waals surface area contributed by atoms with Crippen LogP contribution >= 0.6 is 0 Å². The summed E-state index contributed by atoms with van der Waals surface area (Å²) in [6, 6.07) is 10.3. The molecule has 2 aromatic rings. The Morgan fingerprint density at radius 3 is 2.67 bits per heavy atom. The maximum Gasteiger partial charge on any atom is 0.191 e. The molecule has 0 atom stereocenters. The molecular formula is C22H35N7O. The van der Waals surface area contributed by atoms with Crippen molar-refractivity contribution in [2.24, 2.45) is 4.99 Å². The van der Waals surface area contributed by atoms with Gasteiger partial charge in [-0.15, -0.1) is 10.2 Å². The highest BCUT2D eigenvalue weighted by Gasteiger charge is 2.28. The Kier molecular flexibility index (Phi) is 8.21. The summed E-state index contributed by atoms with van der Waals surface area (Å²) in [6.45, 7) is 13.2. The lowest BCUT2D eigenvalue weighted by atomic mass is 10.0. The molecule has 0 bridgehead atoms. The molecule has 1 fully saturated rings. The summed E-state index contributed by atoms with van der Waals surface area (Å²) in [6.07, 6.45) is 2.66. The Morgan fingerprint density at radius 1 is 1.17 bits per heavy atom. The van der Waals surface area contributed by atoms with Gasteiger partial charge in [0.15, 0.2) is 5.96 Å². The summed E-state index contributed by atoms with van der Waals surface area (Å²) in [4.78, 5) is 7.29. The number of nitrogens with one attached hydrogen (secondary N) is 2. The zero-order valence-electron chi connectivity index (χ0n) is 18.5. The molecule has 1 aliphatic rings. The summed E-state index contributed by atoms with van der Waals surface area (Å²) in [5, 5.41) is 15.2. The van der Waals surface area contributed by atoms with Crippen LogP contribution in [-0.4, -0.2) is 70.6 Å². The van der Waals surface area contributed by atoms with E-state index < -0.39 is 0 Å². The van der Waals surface area contributed by atoms with Gasteiger partial charge in [0.1, 0.15) is 12.2 Å². The first-order valence-corrected chi connectivity index (χ1v) is 10.8. The minimum absolute atomic E-state index is 0.0165. The van der Waals surface area contributed by atoms with E-state index in [4.69, 9.17) is 9.73 Å². The number of ether oxygens (including phenoxy) is 1. The second-order valence-electron chi connectivity index (χ2n) is 8.14. The van der Waals surface area contributed by atoms with E-state index in [9.17, 15) is 0 Å². The van der Waals surface area contributed by atoms with Crippen LogP contribution < -0.4 is 10.6 Å². The number of aliphatic imine (C=N–C) groups is 1. The van der Waals surface area contributed by atoms with Crippen LogP contribution in [0.15, 0.2) is 41.7 Å². The predicted octanol–water partition coefficient (Wildman–Crippen LogP) is 1.69. The van der Waals surface area contributed by atoms with Gasteiger partial charge in [-0.1, -0.05) is 37.3 Å². The molecule has 8 heteroatoms. The minimum Gasteiger partial charge on any atom is -0.379 e. The molecular weight excluding hydrogens is 378 g/mol. The van der Waals surface area contributed by atoms with Gasteiger partial charge >= 0.3 is 0 Å². The Morgan fingerprint density at radius 2 is 1.93 bits per heavy atom. The maximum absolute atomic E-state index is 5.50. The molecule has 0 spiro atoms. The van der Waals surface area contributed by atoms with Crippen molar-refractivity contribution in [1.29, 1.82) is 0 Å². The topological polar surface area (TPSA) is 79.6 Å². The van der Waals surface area contributed by atoms with Crippen LogP contribution in [0.5, 0.6) is 0 Å². The van der Waals surface area contributed by atoms with E-state index in [1.165, 1.54) is 5.56 Å². The number of morpholine rings is 1. The number of hydrogen-bond donors (Lipinski definition) is 2. The molecule has 1 aromatic heterocycles. The SMILES string of the molecule is CCc1nncn1CCNC(=NCc1ccccc1)NCC(C)(C)N1CCOCC1. The number of nitrogens with zero attached hydrogens (tertiary/aromatic N) is 5. The lowest BCUT2D eigenvalue weighted by molar-refractivity contribution is -0.00834. The van der Waals surface area contributed by atoms with Gasteiger partial charge < -0.3 is 19.9 Å². The van der Waals surface area contributed by atoms with E-state index in [-0.39, 0.29) is 5.54 Å². The summed E-state index contributed by atoms with van der Waals surface area (Å²) in [5.41, 5.74) is 1.21. The molecule has 1 aromatic carbocycles. The Hall–Kier alpha value is -2.45. The first-order valence-electron chi connectivity index (χ1n) is 10.8. The van der Waals surface area contributed by atoms with Crippen molar-refractivity contribution >= 4 is 5.96 Å². The first-order chi connectivity index (χ1) is 14.6. The van der Waals surface area contributed by atoms with Crippen LogP contribution in [0.4, 0.5) is 0 Å². The second-order valence-corrected chi connectivity index (χ2v) is 8.14. The molecule has 30 heavy (non-hydrogen) atoms. The van der Waals surface area contributed by atoms with Crippen molar-refractivity contribution < 1.29 is 4.74 Å². The van der Waals surface area contributed by atoms with Crippen LogP contribution in [-0.2, 0) is 24.2 Å². The summed E-state index contributed by atoms with van der Waals surface area (Å²) in [5.74, 6) is 1.83. The number of hydrogen-bond acceptors (Lipinski definition) is 5. The molecule has 3 rings (SSSR count). The Bertz CT molecular complexity index is 782. The second kappa shape index (κ2) is 11.1. The quantitative estimate of drug-likeness (QED) is 0.481. The Balaban J connectivity index is 1.59. The van der Waals surface area contributed by atoms with Gasteiger partial charge in [0.05, 0.1) is 19.8 Å². The largest absolute Gasteiger partial charge is 0.379 e. The standard InChI is InChI=1S/C22H35N7O/c1-4-20-27-26-18-28(20)11-10-23-21(24-16-19-8-6-5-7-9-19)25-17-22(2,3)29-12-14-30-15-13-29/h5-9,18H,4,10-17H2,1-3H3,(H2,23,24,25). The van der Waals surface area contributed by atoms with E-state index in [1.807, 2.05) is 18.2 Å². The minimum atomic E-state index is 0.0165. The smallest absolute Gasteiger partial charge is 0.191 e.